The van der Waals surface area contributed by atoms with E-state index in [2.05, 4.69) is 0 Å². The van der Waals surface area contributed by atoms with Crippen molar-refractivity contribution in [1.29, 1.82) is 0 Å². The van der Waals surface area contributed by atoms with Gasteiger partial charge in [0.2, 0.25) is 6.41 Å². The molecule has 0 aromatic rings. The van der Waals surface area contributed by atoms with Gasteiger partial charge in [0.1, 0.15) is 0 Å². The molecule has 1 fully saturated rings. The lowest BCUT2D eigenvalue weighted by Gasteiger charge is -2.21. The van der Waals surface area contributed by atoms with Crippen LogP contribution in [0.15, 0.2) is 0 Å². The van der Waals surface area contributed by atoms with Crippen LogP contribution in [-0.4, -0.2) is 35.9 Å². The number of rotatable bonds is 1. The molecule has 0 unspecified atom stereocenters. The van der Waals surface area contributed by atoms with E-state index < -0.39 is 0 Å². The van der Waals surface area contributed by atoms with Gasteiger partial charge in [-0.2, -0.15) is 11.8 Å². The zero-order valence-corrected chi connectivity index (χ0v) is 7.94. The first-order valence-electron chi connectivity index (χ1n) is 2.70. The summed E-state index contributed by atoms with van der Waals surface area (Å²) >= 11 is 1.91. The van der Waals surface area contributed by atoms with Gasteiger partial charge in [0.15, 0.2) is 0 Å². The van der Waals surface area contributed by atoms with Gasteiger partial charge in [-0.3, -0.25) is 4.79 Å². The first-order chi connectivity index (χ1) is 3.93. The normalized spacial score (nSPS) is 16.6. The van der Waals surface area contributed by atoms with Gasteiger partial charge in [0.25, 0.3) is 0 Å². The highest BCUT2D eigenvalue weighted by Gasteiger charge is 2.05. The summed E-state index contributed by atoms with van der Waals surface area (Å²) in [7, 11) is 0. The van der Waals surface area contributed by atoms with Crippen molar-refractivity contribution in [3.8, 4) is 0 Å². The SMILES string of the molecule is Cl.Cl.O=CN1CCSCC1. The molecular weight excluding hydrogens is 193 g/mol. The largest absolute Gasteiger partial charge is 0.344 e. The Labute approximate surface area is 77.5 Å². The van der Waals surface area contributed by atoms with E-state index >= 15 is 0 Å². The molecule has 0 N–H and O–H groups in total. The molecule has 0 spiro atoms. The molecule has 0 atom stereocenters. The average Bonchev–Trinajstić information content (AvgIpc) is 1.90. The van der Waals surface area contributed by atoms with Gasteiger partial charge in [0.05, 0.1) is 0 Å². The van der Waals surface area contributed by atoms with Gasteiger partial charge in [-0.1, -0.05) is 0 Å². The lowest BCUT2D eigenvalue weighted by molar-refractivity contribution is -0.117. The fourth-order valence-corrected chi connectivity index (χ4v) is 1.61. The van der Waals surface area contributed by atoms with Crippen molar-refractivity contribution < 1.29 is 4.79 Å². The van der Waals surface area contributed by atoms with Crippen LogP contribution in [0.5, 0.6) is 0 Å². The predicted molar refractivity (Wildman–Crippen MR) is 49.5 cm³/mol. The van der Waals surface area contributed by atoms with E-state index in [4.69, 9.17) is 0 Å². The maximum atomic E-state index is 10.1. The summed E-state index contributed by atoms with van der Waals surface area (Å²) in [6.45, 7) is 1.88. The minimum atomic E-state index is 0. The van der Waals surface area contributed by atoms with Crippen molar-refractivity contribution in [2.45, 2.75) is 0 Å². The molecule has 1 heterocycles. The van der Waals surface area contributed by atoms with Crippen LogP contribution in [0.1, 0.15) is 0 Å². The number of nitrogens with zero attached hydrogens (tertiary/aromatic N) is 1. The summed E-state index contributed by atoms with van der Waals surface area (Å²) in [5.41, 5.74) is 0. The van der Waals surface area contributed by atoms with Gasteiger partial charge < -0.3 is 4.90 Å². The second-order valence-electron chi connectivity index (χ2n) is 1.75. The molecule has 1 rings (SSSR count). The van der Waals surface area contributed by atoms with Crippen LogP contribution in [0.2, 0.25) is 0 Å². The van der Waals surface area contributed by atoms with E-state index in [1.165, 1.54) is 0 Å². The van der Waals surface area contributed by atoms with E-state index in [1.807, 2.05) is 16.7 Å². The van der Waals surface area contributed by atoms with E-state index in [9.17, 15) is 4.79 Å². The van der Waals surface area contributed by atoms with Gasteiger partial charge in [-0.05, 0) is 0 Å². The molecule has 62 valence electrons. The molecule has 0 aromatic carbocycles. The molecule has 10 heavy (non-hydrogen) atoms. The lowest BCUT2D eigenvalue weighted by atomic mass is 10.5. The summed E-state index contributed by atoms with van der Waals surface area (Å²) < 4.78 is 0. The summed E-state index contributed by atoms with van der Waals surface area (Å²) in [6, 6.07) is 0. The summed E-state index contributed by atoms with van der Waals surface area (Å²) in [5.74, 6) is 2.22. The average molecular weight is 204 g/mol. The maximum absolute atomic E-state index is 10.1. The number of hydrogen-bond donors (Lipinski definition) is 0. The van der Waals surface area contributed by atoms with E-state index in [1.54, 1.807) is 0 Å². The van der Waals surface area contributed by atoms with Crippen LogP contribution < -0.4 is 0 Å². The molecule has 0 bridgehead atoms. The molecule has 0 aromatic heterocycles. The monoisotopic (exact) mass is 203 g/mol. The third kappa shape index (κ3) is 4.25. The quantitative estimate of drug-likeness (QED) is 0.594. The molecule has 1 amide bonds. The highest BCUT2D eigenvalue weighted by molar-refractivity contribution is 7.99. The Morgan fingerprint density at radius 3 is 2.00 bits per heavy atom. The molecule has 0 radical (unpaired) electrons. The Balaban J connectivity index is 0. The standard InChI is InChI=1S/C5H9NOS.2ClH/c7-5-6-1-3-8-4-2-6;;/h5H,1-4H2;2*1H. The molecule has 5 heteroatoms. The third-order valence-corrected chi connectivity index (χ3v) is 2.14. The molecule has 1 saturated heterocycles. The number of thioether (sulfide) groups is 1. The van der Waals surface area contributed by atoms with E-state index in [-0.39, 0.29) is 24.8 Å². The molecule has 0 aliphatic carbocycles. The van der Waals surface area contributed by atoms with Crippen molar-refractivity contribution in [1.82, 2.24) is 4.90 Å². The third-order valence-electron chi connectivity index (χ3n) is 1.19. The fourth-order valence-electron chi connectivity index (χ4n) is 0.683. The van der Waals surface area contributed by atoms with Crippen molar-refractivity contribution in [2.24, 2.45) is 0 Å². The molecule has 0 saturated carbocycles. The first-order valence-corrected chi connectivity index (χ1v) is 3.86. The number of carbonyl (C=O) groups excluding carboxylic acids is 1. The number of halogens is 2. The van der Waals surface area contributed by atoms with Crippen LogP contribution in [0, 0.1) is 0 Å². The van der Waals surface area contributed by atoms with Crippen molar-refractivity contribution in [3.05, 3.63) is 0 Å². The first kappa shape index (κ1) is 13.0. The Hall–Kier alpha value is 0.400. The molecule has 1 aliphatic heterocycles. The summed E-state index contributed by atoms with van der Waals surface area (Å²) in [4.78, 5) is 11.9. The predicted octanol–water partition coefficient (Wildman–Crippen LogP) is 1.04. The minimum Gasteiger partial charge on any atom is -0.344 e. The van der Waals surface area contributed by atoms with E-state index in [0.29, 0.717) is 0 Å². The van der Waals surface area contributed by atoms with Gasteiger partial charge in [-0.15, -0.1) is 24.8 Å². The summed E-state index contributed by atoms with van der Waals surface area (Å²) in [6.07, 6.45) is 0.930. The second-order valence-corrected chi connectivity index (χ2v) is 2.98. The van der Waals surface area contributed by atoms with Crippen LogP contribution >= 0.6 is 36.6 Å². The van der Waals surface area contributed by atoms with Gasteiger partial charge >= 0.3 is 0 Å². The fraction of sp³-hybridized carbons (Fsp3) is 0.800. The lowest BCUT2D eigenvalue weighted by Crippen LogP contribution is -2.30. The van der Waals surface area contributed by atoms with Crippen LogP contribution in [0.4, 0.5) is 0 Å². The van der Waals surface area contributed by atoms with Crippen molar-refractivity contribution in [3.63, 3.8) is 0 Å². The van der Waals surface area contributed by atoms with Crippen LogP contribution in [0.3, 0.4) is 0 Å². The topological polar surface area (TPSA) is 20.3 Å². The van der Waals surface area contributed by atoms with Gasteiger partial charge in [0, 0.05) is 24.6 Å². The van der Waals surface area contributed by atoms with Crippen LogP contribution in [0.25, 0.3) is 0 Å². The highest BCUT2D eigenvalue weighted by atomic mass is 35.5. The Morgan fingerprint density at radius 2 is 1.70 bits per heavy atom. The van der Waals surface area contributed by atoms with Gasteiger partial charge in [-0.25, -0.2) is 0 Å². The smallest absolute Gasteiger partial charge is 0.209 e. The maximum Gasteiger partial charge on any atom is 0.209 e. The number of carbonyl (C=O) groups is 1. The molecule has 2 nitrogen and oxygen atoms in total. The summed E-state index contributed by atoms with van der Waals surface area (Å²) in [5, 5.41) is 0. The number of amides is 1. The Kier molecular flexibility index (Phi) is 9.78. The van der Waals surface area contributed by atoms with Crippen molar-refractivity contribution >= 4 is 43.0 Å². The Bertz CT molecular complexity index is 87.7. The number of hydrogen-bond acceptors (Lipinski definition) is 2. The van der Waals surface area contributed by atoms with Crippen LogP contribution in [-0.2, 0) is 4.79 Å². The molecular formula is C5H11Cl2NOS. The zero-order chi connectivity index (χ0) is 5.82. The zero-order valence-electron chi connectivity index (χ0n) is 5.49. The highest BCUT2D eigenvalue weighted by Crippen LogP contribution is 2.06. The molecule has 1 aliphatic rings. The van der Waals surface area contributed by atoms with E-state index in [0.717, 1.165) is 31.0 Å². The van der Waals surface area contributed by atoms with Crippen molar-refractivity contribution in [2.75, 3.05) is 24.6 Å². The Morgan fingerprint density at radius 1 is 1.20 bits per heavy atom. The minimum absolute atomic E-state index is 0. The second kappa shape index (κ2) is 7.51.